The van der Waals surface area contributed by atoms with Crippen molar-refractivity contribution in [3.8, 4) is 0 Å². The molecule has 0 aliphatic carbocycles. The minimum Gasteiger partial charge on any atom is -0.395 e. The third kappa shape index (κ3) is 2.60. The zero-order valence-corrected chi connectivity index (χ0v) is 11.8. The largest absolute Gasteiger partial charge is 0.395 e. The van der Waals surface area contributed by atoms with Gasteiger partial charge in [0.1, 0.15) is 0 Å². The smallest absolute Gasteiger partial charge is 0.0529 e. The molecule has 1 heterocycles. The molecule has 1 unspecified atom stereocenters. The Kier molecular flexibility index (Phi) is 3.79. The molecule has 2 rings (SSSR count). The summed E-state index contributed by atoms with van der Waals surface area (Å²) in [6.07, 6.45) is 3.07. The minimum absolute atomic E-state index is 0.0684. The predicted octanol–water partition coefficient (Wildman–Crippen LogP) is 2.64. The minimum atomic E-state index is -0.0684. The van der Waals surface area contributed by atoms with Gasteiger partial charge in [0.25, 0.3) is 0 Å². The van der Waals surface area contributed by atoms with E-state index in [0.29, 0.717) is 0 Å². The Hall–Kier alpha value is -0.860. The van der Waals surface area contributed by atoms with Gasteiger partial charge in [-0.05, 0) is 50.8 Å². The van der Waals surface area contributed by atoms with Gasteiger partial charge in [-0.1, -0.05) is 31.2 Å². The average Bonchev–Trinajstić information content (AvgIpc) is 2.37. The Balaban J connectivity index is 2.30. The molecule has 1 saturated heterocycles. The van der Waals surface area contributed by atoms with E-state index < -0.39 is 0 Å². The molecule has 1 aliphatic heterocycles. The van der Waals surface area contributed by atoms with Crippen LogP contribution in [0.4, 0.5) is 0 Å². The van der Waals surface area contributed by atoms with E-state index in [1.807, 2.05) is 0 Å². The molecule has 1 aromatic rings. The summed E-state index contributed by atoms with van der Waals surface area (Å²) in [4.78, 5) is 0. The Morgan fingerprint density at radius 1 is 1.22 bits per heavy atom. The normalized spacial score (nSPS) is 27.1. The Morgan fingerprint density at radius 3 is 2.39 bits per heavy atom. The molecule has 1 aliphatic rings. The topological polar surface area (TPSA) is 32.3 Å². The molecular formula is C16H25NO. The van der Waals surface area contributed by atoms with Gasteiger partial charge in [-0.15, -0.1) is 0 Å². The van der Waals surface area contributed by atoms with Gasteiger partial charge < -0.3 is 10.4 Å². The highest BCUT2D eigenvalue weighted by atomic mass is 16.3. The molecule has 1 aromatic carbocycles. The fraction of sp³-hybridized carbons (Fsp3) is 0.625. The van der Waals surface area contributed by atoms with E-state index in [2.05, 4.69) is 50.4 Å². The van der Waals surface area contributed by atoms with Crippen molar-refractivity contribution in [1.29, 1.82) is 0 Å². The molecular weight excluding hydrogens is 222 g/mol. The quantitative estimate of drug-likeness (QED) is 0.860. The Bertz CT molecular complexity index is 396. The van der Waals surface area contributed by atoms with E-state index in [1.54, 1.807) is 0 Å². The zero-order chi connectivity index (χ0) is 13.2. The third-order valence-electron chi connectivity index (χ3n) is 4.26. The van der Waals surface area contributed by atoms with Gasteiger partial charge in [-0.25, -0.2) is 0 Å². The number of hydrogen-bond donors (Lipinski definition) is 2. The molecule has 0 saturated carbocycles. The van der Waals surface area contributed by atoms with Gasteiger partial charge in [0.15, 0.2) is 0 Å². The van der Waals surface area contributed by atoms with Crippen LogP contribution in [-0.4, -0.2) is 23.8 Å². The summed E-state index contributed by atoms with van der Waals surface area (Å²) in [6, 6.07) is 8.80. The number of hydrogen-bond acceptors (Lipinski definition) is 2. The first-order chi connectivity index (χ1) is 8.51. The summed E-state index contributed by atoms with van der Waals surface area (Å²) < 4.78 is 0. The van der Waals surface area contributed by atoms with Crippen molar-refractivity contribution in [2.75, 3.05) is 13.2 Å². The average molecular weight is 247 g/mol. The predicted molar refractivity (Wildman–Crippen MR) is 75.9 cm³/mol. The highest BCUT2D eigenvalue weighted by molar-refractivity contribution is 5.31. The molecule has 0 amide bonds. The van der Waals surface area contributed by atoms with Crippen LogP contribution in [-0.2, 0) is 11.8 Å². The van der Waals surface area contributed by atoms with E-state index in [1.165, 1.54) is 11.1 Å². The monoisotopic (exact) mass is 247 g/mol. The number of aliphatic hydroxyl groups excluding tert-OH is 1. The maximum absolute atomic E-state index is 9.93. The van der Waals surface area contributed by atoms with E-state index in [9.17, 15) is 5.11 Å². The number of aryl methyl sites for hydroxylation is 1. The molecule has 0 spiro atoms. The summed E-state index contributed by atoms with van der Waals surface area (Å²) in [5.41, 5.74) is 2.68. The molecule has 1 atom stereocenters. The van der Waals surface area contributed by atoms with E-state index in [0.717, 1.165) is 25.8 Å². The summed E-state index contributed by atoms with van der Waals surface area (Å²) in [5, 5.41) is 13.5. The van der Waals surface area contributed by atoms with Crippen LogP contribution in [0.3, 0.4) is 0 Å². The van der Waals surface area contributed by atoms with E-state index in [-0.39, 0.29) is 17.6 Å². The summed E-state index contributed by atoms with van der Waals surface area (Å²) in [6.45, 7) is 7.82. The van der Waals surface area contributed by atoms with Crippen LogP contribution >= 0.6 is 0 Å². The van der Waals surface area contributed by atoms with Crippen LogP contribution in [0, 0.1) is 0 Å². The first-order valence-corrected chi connectivity index (χ1v) is 6.97. The summed E-state index contributed by atoms with van der Waals surface area (Å²) in [5.74, 6) is 0. The number of benzene rings is 1. The van der Waals surface area contributed by atoms with Gasteiger partial charge in [-0.2, -0.15) is 0 Å². The van der Waals surface area contributed by atoms with Crippen molar-refractivity contribution in [2.24, 2.45) is 0 Å². The van der Waals surface area contributed by atoms with E-state index in [4.69, 9.17) is 0 Å². The Morgan fingerprint density at radius 2 is 1.89 bits per heavy atom. The molecule has 2 nitrogen and oxygen atoms in total. The second kappa shape index (κ2) is 5.02. The fourth-order valence-corrected chi connectivity index (χ4v) is 3.20. The van der Waals surface area contributed by atoms with Crippen molar-refractivity contribution in [3.63, 3.8) is 0 Å². The fourth-order valence-electron chi connectivity index (χ4n) is 3.20. The van der Waals surface area contributed by atoms with Crippen molar-refractivity contribution in [1.82, 2.24) is 5.32 Å². The number of nitrogens with one attached hydrogen (secondary N) is 1. The van der Waals surface area contributed by atoms with Crippen LogP contribution in [0.25, 0.3) is 0 Å². The van der Waals surface area contributed by atoms with Crippen LogP contribution in [0.2, 0.25) is 0 Å². The number of aliphatic hydroxyl groups is 1. The molecule has 0 bridgehead atoms. The lowest BCUT2D eigenvalue weighted by Gasteiger charge is -2.45. The van der Waals surface area contributed by atoms with Crippen LogP contribution < -0.4 is 5.32 Å². The standard InChI is InChI=1S/C16H25NO/c1-4-13-5-7-14(8-6-13)16(12-18)9-10-17-15(2,3)11-16/h5-8,17-18H,4,9-12H2,1-3H3. The lowest BCUT2D eigenvalue weighted by atomic mass is 9.68. The van der Waals surface area contributed by atoms with Gasteiger partial charge in [-0.3, -0.25) is 0 Å². The maximum Gasteiger partial charge on any atom is 0.0529 e. The first kappa shape index (κ1) is 13.6. The van der Waals surface area contributed by atoms with Gasteiger partial charge in [0.2, 0.25) is 0 Å². The van der Waals surface area contributed by atoms with Crippen molar-refractivity contribution >= 4 is 0 Å². The number of rotatable bonds is 3. The first-order valence-electron chi connectivity index (χ1n) is 6.97. The van der Waals surface area contributed by atoms with Crippen LogP contribution in [0.15, 0.2) is 24.3 Å². The second-order valence-electron chi connectivity index (χ2n) is 6.23. The molecule has 2 heteroatoms. The lowest BCUT2D eigenvalue weighted by Crippen LogP contribution is -2.53. The third-order valence-corrected chi connectivity index (χ3v) is 4.26. The number of piperidine rings is 1. The van der Waals surface area contributed by atoms with Gasteiger partial charge in [0, 0.05) is 11.0 Å². The summed E-state index contributed by atoms with van der Waals surface area (Å²) >= 11 is 0. The molecule has 0 aromatic heterocycles. The molecule has 2 N–H and O–H groups in total. The lowest BCUT2D eigenvalue weighted by molar-refractivity contribution is 0.112. The van der Waals surface area contributed by atoms with Crippen molar-refractivity contribution in [2.45, 2.75) is 51.0 Å². The highest BCUT2D eigenvalue weighted by Crippen LogP contribution is 2.38. The molecule has 1 fully saturated rings. The van der Waals surface area contributed by atoms with Crippen molar-refractivity contribution in [3.05, 3.63) is 35.4 Å². The maximum atomic E-state index is 9.93. The SMILES string of the molecule is CCc1ccc(C2(CO)CCNC(C)(C)C2)cc1. The molecule has 100 valence electrons. The van der Waals surface area contributed by atoms with Gasteiger partial charge >= 0.3 is 0 Å². The second-order valence-corrected chi connectivity index (χ2v) is 6.23. The van der Waals surface area contributed by atoms with Crippen molar-refractivity contribution < 1.29 is 5.11 Å². The molecule has 18 heavy (non-hydrogen) atoms. The summed E-state index contributed by atoms with van der Waals surface area (Å²) in [7, 11) is 0. The highest BCUT2D eigenvalue weighted by Gasteiger charge is 2.40. The molecule has 0 radical (unpaired) electrons. The Labute approximate surface area is 110 Å². The zero-order valence-electron chi connectivity index (χ0n) is 11.8. The van der Waals surface area contributed by atoms with E-state index >= 15 is 0 Å². The van der Waals surface area contributed by atoms with Crippen LogP contribution in [0.1, 0.15) is 44.7 Å². The van der Waals surface area contributed by atoms with Gasteiger partial charge in [0.05, 0.1) is 6.61 Å². The van der Waals surface area contributed by atoms with Crippen LogP contribution in [0.5, 0.6) is 0 Å².